The van der Waals surface area contributed by atoms with Crippen molar-refractivity contribution in [2.24, 2.45) is 0 Å². The number of halogens is 2. The zero-order chi connectivity index (χ0) is 13.8. The number of hydrogen-bond acceptors (Lipinski definition) is 2. The average Bonchev–Trinajstić information content (AvgIpc) is 2.80. The topological polar surface area (TPSA) is 3.24 Å². The van der Waals surface area contributed by atoms with Gasteiger partial charge in [0, 0.05) is 21.9 Å². The molecule has 1 nitrogen and oxygen atoms in total. The second kappa shape index (κ2) is 6.64. The van der Waals surface area contributed by atoms with Crippen molar-refractivity contribution >= 4 is 27.3 Å². The molecule has 0 aliphatic heterocycles. The summed E-state index contributed by atoms with van der Waals surface area (Å²) in [6.45, 7) is 2.96. The van der Waals surface area contributed by atoms with E-state index >= 15 is 0 Å². The van der Waals surface area contributed by atoms with E-state index in [1.807, 2.05) is 6.07 Å². The standard InChI is InChI=1S/C15H17BrFNS/c1-11(6-15-4-3-5-19-15)18(2)10-12-7-13(16)9-14(17)8-12/h3-5,7-9,11H,6,10H2,1-2H3. The second-order valence-corrected chi connectivity index (χ2v) is 6.77. The van der Waals surface area contributed by atoms with Gasteiger partial charge in [-0.3, -0.25) is 4.90 Å². The van der Waals surface area contributed by atoms with Crippen LogP contribution in [0.1, 0.15) is 17.4 Å². The van der Waals surface area contributed by atoms with E-state index in [9.17, 15) is 4.39 Å². The van der Waals surface area contributed by atoms with Crippen LogP contribution in [0.4, 0.5) is 4.39 Å². The Kier molecular flexibility index (Phi) is 5.13. The largest absolute Gasteiger partial charge is 0.299 e. The van der Waals surface area contributed by atoms with Crippen LogP contribution in [0, 0.1) is 5.82 Å². The number of thiophene rings is 1. The van der Waals surface area contributed by atoms with Crippen LogP contribution in [0.15, 0.2) is 40.2 Å². The van der Waals surface area contributed by atoms with Crippen molar-refractivity contribution in [2.45, 2.75) is 25.9 Å². The number of hydrogen-bond donors (Lipinski definition) is 0. The number of likely N-dealkylation sites (N-methyl/N-ethyl adjacent to an activating group) is 1. The molecule has 0 radical (unpaired) electrons. The van der Waals surface area contributed by atoms with Crippen LogP contribution in [-0.2, 0) is 13.0 Å². The third-order valence-electron chi connectivity index (χ3n) is 3.18. The van der Waals surface area contributed by atoms with Gasteiger partial charge in [-0.05, 0) is 55.6 Å². The summed E-state index contributed by atoms with van der Waals surface area (Å²) in [6, 6.07) is 9.72. The van der Waals surface area contributed by atoms with Gasteiger partial charge in [-0.15, -0.1) is 11.3 Å². The van der Waals surface area contributed by atoms with E-state index in [4.69, 9.17) is 0 Å². The van der Waals surface area contributed by atoms with Crippen molar-refractivity contribution in [3.05, 3.63) is 56.4 Å². The first kappa shape index (κ1) is 14.7. The average molecular weight is 342 g/mol. The molecule has 1 unspecified atom stereocenters. The minimum atomic E-state index is -0.191. The van der Waals surface area contributed by atoms with Gasteiger partial charge in [-0.25, -0.2) is 4.39 Å². The van der Waals surface area contributed by atoms with E-state index in [2.05, 4.69) is 52.3 Å². The highest BCUT2D eigenvalue weighted by Gasteiger charge is 2.11. The molecule has 0 saturated carbocycles. The number of benzene rings is 1. The summed E-state index contributed by atoms with van der Waals surface area (Å²) < 4.78 is 14.1. The van der Waals surface area contributed by atoms with Crippen LogP contribution in [0.2, 0.25) is 0 Å². The van der Waals surface area contributed by atoms with E-state index in [1.165, 1.54) is 10.9 Å². The van der Waals surface area contributed by atoms with Crippen molar-refractivity contribution in [3.8, 4) is 0 Å². The lowest BCUT2D eigenvalue weighted by Gasteiger charge is -2.24. The first-order chi connectivity index (χ1) is 9.04. The fraction of sp³-hybridized carbons (Fsp3) is 0.333. The molecule has 0 aliphatic rings. The number of nitrogens with zero attached hydrogens (tertiary/aromatic N) is 1. The van der Waals surface area contributed by atoms with Gasteiger partial charge in [0.25, 0.3) is 0 Å². The summed E-state index contributed by atoms with van der Waals surface area (Å²) in [4.78, 5) is 3.64. The van der Waals surface area contributed by atoms with Crippen LogP contribution >= 0.6 is 27.3 Å². The minimum absolute atomic E-state index is 0.191. The van der Waals surface area contributed by atoms with Gasteiger partial charge < -0.3 is 0 Å². The van der Waals surface area contributed by atoms with Gasteiger partial charge in [0.05, 0.1) is 0 Å². The maximum absolute atomic E-state index is 13.3. The lowest BCUT2D eigenvalue weighted by molar-refractivity contribution is 0.248. The highest BCUT2D eigenvalue weighted by molar-refractivity contribution is 9.10. The Bertz CT molecular complexity index is 507. The van der Waals surface area contributed by atoms with Crippen LogP contribution in [0.3, 0.4) is 0 Å². The predicted octanol–water partition coefficient (Wildman–Crippen LogP) is 4.71. The Morgan fingerprint density at radius 1 is 1.37 bits per heavy atom. The van der Waals surface area contributed by atoms with E-state index in [0.717, 1.165) is 23.0 Å². The third-order valence-corrected chi connectivity index (χ3v) is 4.54. The van der Waals surface area contributed by atoms with Crippen molar-refractivity contribution in [1.82, 2.24) is 4.90 Å². The van der Waals surface area contributed by atoms with Crippen LogP contribution in [0.25, 0.3) is 0 Å². The molecule has 0 N–H and O–H groups in total. The molecule has 2 rings (SSSR count). The maximum atomic E-state index is 13.3. The molecule has 0 amide bonds. The first-order valence-electron chi connectivity index (χ1n) is 6.22. The molecule has 1 atom stereocenters. The zero-order valence-corrected chi connectivity index (χ0v) is 13.5. The summed E-state index contributed by atoms with van der Waals surface area (Å²) in [5.74, 6) is -0.191. The van der Waals surface area contributed by atoms with Crippen molar-refractivity contribution < 1.29 is 4.39 Å². The minimum Gasteiger partial charge on any atom is -0.299 e. The molecule has 0 fully saturated rings. The van der Waals surface area contributed by atoms with Gasteiger partial charge in [-0.1, -0.05) is 22.0 Å². The Labute approximate surface area is 126 Å². The molecule has 1 aromatic heterocycles. The highest BCUT2D eigenvalue weighted by Crippen LogP contribution is 2.18. The van der Waals surface area contributed by atoms with Gasteiger partial charge in [0.15, 0.2) is 0 Å². The highest BCUT2D eigenvalue weighted by atomic mass is 79.9. The molecule has 102 valence electrons. The molecule has 0 bridgehead atoms. The normalized spacial score (nSPS) is 12.9. The van der Waals surface area contributed by atoms with Crippen molar-refractivity contribution in [3.63, 3.8) is 0 Å². The molecule has 1 aromatic carbocycles. The fourth-order valence-electron chi connectivity index (χ4n) is 2.02. The Hall–Kier alpha value is -0.710. The third kappa shape index (κ3) is 4.41. The maximum Gasteiger partial charge on any atom is 0.124 e. The summed E-state index contributed by atoms with van der Waals surface area (Å²) in [7, 11) is 2.08. The van der Waals surface area contributed by atoms with Crippen LogP contribution in [0.5, 0.6) is 0 Å². The first-order valence-corrected chi connectivity index (χ1v) is 7.89. The van der Waals surface area contributed by atoms with E-state index in [0.29, 0.717) is 6.04 Å². The quantitative estimate of drug-likeness (QED) is 0.760. The predicted molar refractivity (Wildman–Crippen MR) is 83.1 cm³/mol. The lowest BCUT2D eigenvalue weighted by atomic mass is 10.1. The second-order valence-electron chi connectivity index (χ2n) is 4.83. The lowest BCUT2D eigenvalue weighted by Crippen LogP contribution is -2.30. The Morgan fingerprint density at radius 2 is 2.16 bits per heavy atom. The molecular weight excluding hydrogens is 325 g/mol. The van der Waals surface area contributed by atoms with Crippen molar-refractivity contribution in [2.75, 3.05) is 7.05 Å². The molecule has 4 heteroatoms. The Morgan fingerprint density at radius 3 is 2.79 bits per heavy atom. The van der Waals surface area contributed by atoms with Gasteiger partial charge in [0.1, 0.15) is 5.82 Å². The van der Waals surface area contributed by atoms with Gasteiger partial charge in [-0.2, -0.15) is 0 Å². The molecular formula is C15H17BrFNS. The molecule has 0 saturated heterocycles. The fourth-order valence-corrected chi connectivity index (χ4v) is 3.36. The summed E-state index contributed by atoms with van der Waals surface area (Å²) in [6.07, 6.45) is 1.03. The van der Waals surface area contributed by atoms with Crippen LogP contribution < -0.4 is 0 Å². The van der Waals surface area contributed by atoms with Crippen LogP contribution in [-0.4, -0.2) is 18.0 Å². The van der Waals surface area contributed by atoms with E-state index < -0.39 is 0 Å². The number of rotatable bonds is 5. The van der Waals surface area contributed by atoms with E-state index in [1.54, 1.807) is 17.4 Å². The van der Waals surface area contributed by atoms with Gasteiger partial charge >= 0.3 is 0 Å². The van der Waals surface area contributed by atoms with Crippen molar-refractivity contribution in [1.29, 1.82) is 0 Å². The zero-order valence-electron chi connectivity index (χ0n) is 11.1. The smallest absolute Gasteiger partial charge is 0.124 e. The van der Waals surface area contributed by atoms with E-state index in [-0.39, 0.29) is 5.82 Å². The van der Waals surface area contributed by atoms with Gasteiger partial charge in [0.2, 0.25) is 0 Å². The molecule has 1 heterocycles. The summed E-state index contributed by atoms with van der Waals surface area (Å²) >= 11 is 5.12. The molecule has 0 spiro atoms. The molecule has 2 aromatic rings. The Balaban J connectivity index is 1.97. The molecule has 19 heavy (non-hydrogen) atoms. The monoisotopic (exact) mass is 341 g/mol. The SMILES string of the molecule is CC(Cc1cccs1)N(C)Cc1cc(F)cc(Br)c1. The summed E-state index contributed by atoms with van der Waals surface area (Å²) in [5, 5.41) is 2.10. The summed E-state index contributed by atoms with van der Waals surface area (Å²) in [5.41, 5.74) is 0.993. The molecule has 0 aliphatic carbocycles.